The second kappa shape index (κ2) is 8.60. The van der Waals surface area contributed by atoms with Crippen LogP contribution in [0, 0.1) is 5.82 Å². The highest BCUT2D eigenvalue weighted by atomic mass is 19.1. The molecular formula is C22H19FN6O. The lowest BCUT2D eigenvalue weighted by Gasteiger charge is -2.08. The topological polar surface area (TPSA) is 85.6 Å². The highest BCUT2D eigenvalue weighted by Gasteiger charge is 2.20. The van der Waals surface area contributed by atoms with E-state index >= 15 is 0 Å². The van der Waals surface area contributed by atoms with Gasteiger partial charge >= 0.3 is 0 Å². The smallest absolute Gasteiger partial charge is 0.245 e. The van der Waals surface area contributed by atoms with Gasteiger partial charge in [-0.25, -0.2) is 14.4 Å². The number of carbonyl (C=O) groups excluding carboxylic acids is 1. The van der Waals surface area contributed by atoms with Gasteiger partial charge in [0.05, 0.1) is 5.69 Å². The monoisotopic (exact) mass is 402 g/mol. The van der Waals surface area contributed by atoms with E-state index in [9.17, 15) is 9.18 Å². The lowest BCUT2D eigenvalue weighted by Crippen LogP contribution is -2.12. The molecule has 30 heavy (non-hydrogen) atoms. The first-order valence-electron chi connectivity index (χ1n) is 9.45. The molecule has 0 aliphatic heterocycles. The van der Waals surface area contributed by atoms with E-state index in [0.29, 0.717) is 35.1 Å². The van der Waals surface area contributed by atoms with Gasteiger partial charge in [0.25, 0.3) is 0 Å². The number of hydrogen-bond acceptors (Lipinski definition) is 6. The maximum atomic E-state index is 13.3. The van der Waals surface area contributed by atoms with Crippen molar-refractivity contribution >= 4 is 11.9 Å². The number of nitrogens with one attached hydrogen (secondary N) is 1. The van der Waals surface area contributed by atoms with Gasteiger partial charge in [-0.2, -0.15) is 4.68 Å². The second-order valence-corrected chi connectivity index (χ2v) is 6.65. The molecule has 8 heteroatoms. The Hall–Kier alpha value is -3.94. The molecule has 2 heterocycles. The van der Waals surface area contributed by atoms with Crippen LogP contribution in [0.4, 0.5) is 10.3 Å². The molecular weight excluding hydrogens is 383 g/mol. The maximum absolute atomic E-state index is 13.3. The number of rotatable bonds is 6. The van der Waals surface area contributed by atoms with Crippen molar-refractivity contribution in [2.45, 2.75) is 13.3 Å². The number of hydrogen-bond donors (Lipinski definition) is 1. The van der Waals surface area contributed by atoms with E-state index in [4.69, 9.17) is 0 Å². The Balaban J connectivity index is 1.63. The molecule has 2 aromatic heterocycles. The molecule has 0 bridgehead atoms. The van der Waals surface area contributed by atoms with Crippen molar-refractivity contribution in [3.63, 3.8) is 0 Å². The molecule has 4 aromatic rings. The summed E-state index contributed by atoms with van der Waals surface area (Å²) < 4.78 is 14.5. The third-order valence-electron chi connectivity index (χ3n) is 4.52. The largest absolute Gasteiger partial charge is 0.354 e. The summed E-state index contributed by atoms with van der Waals surface area (Å²) in [7, 11) is 0. The van der Waals surface area contributed by atoms with E-state index in [2.05, 4.69) is 37.7 Å². The Kier molecular flexibility index (Phi) is 5.56. The van der Waals surface area contributed by atoms with Crippen molar-refractivity contribution in [3.05, 3.63) is 78.2 Å². The first kappa shape index (κ1) is 19.4. The Morgan fingerprint density at radius 3 is 2.57 bits per heavy atom. The molecule has 0 unspecified atom stereocenters. The van der Waals surface area contributed by atoms with Gasteiger partial charge in [-0.1, -0.05) is 35.5 Å². The van der Waals surface area contributed by atoms with Crippen LogP contribution >= 0.6 is 0 Å². The molecule has 0 fully saturated rings. The van der Waals surface area contributed by atoms with E-state index in [1.54, 1.807) is 24.4 Å². The number of carbonyl (C=O) groups is 1. The molecule has 0 amide bonds. The summed E-state index contributed by atoms with van der Waals surface area (Å²) in [6.07, 6.45) is 2.43. The zero-order chi connectivity index (χ0) is 20.9. The van der Waals surface area contributed by atoms with Crippen LogP contribution in [0.1, 0.15) is 17.3 Å². The number of halogens is 1. The van der Waals surface area contributed by atoms with E-state index in [0.717, 1.165) is 6.42 Å². The number of anilines is 1. The van der Waals surface area contributed by atoms with Crippen molar-refractivity contribution in [3.8, 4) is 22.6 Å². The minimum absolute atomic E-state index is 0.303. The van der Waals surface area contributed by atoms with Crippen LogP contribution in [0.15, 0.2) is 66.9 Å². The van der Waals surface area contributed by atoms with Crippen molar-refractivity contribution < 1.29 is 9.18 Å². The Morgan fingerprint density at radius 1 is 1.07 bits per heavy atom. The number of aromatic nitrogens is 5. The molecule has 2 aromatic carbocycles. The lowest BCUT2D eigenvalue weighted by atomic mass is 10.1. The van der Waals surface area contributed by atoms with Crippen molar-refractivity contribution in [1.29, 1.82) is 0 Å². The molecule has 0 saturated carbocycles. The van der Waals surface area contributed by atoms with Gasteiger partial charge in [-0.3, -0.25) is 4.79 Å². The summed E-state index contributed by atoms with van der Waals surface area (Å²) >= 11 is 0. The summed E-state index contributed by atoms with van der Waals surface area (Å²) in [5.74, 6) is -0.223. The fraction of sp³-hybridized carbons (Fsp3) is 0.136. The molecule has 0 spiro atoms. The predicted molar refractivity (Wildman–Crippen MR) is 111 cm³/mol. The van der Waals surface area contributed by atoms with Gasteiger partial charge in [0.15, 0.2) is 0 Å². The van der Waals surface area contributed by atoms with E-state index in [1.807, 2.05) is 18.2 Å². The summed E-state index contributed by atoms with van der Waals surface area (Å²) in [6.45, 7) is 2.05. The molecule has 0 saturated heterocycles. The minimum atomic E-state index is -0.355. The zero-order valence-corrected chi connectivity index (χ0v) is 16.3. The van der Waals surface area contributed by atoms with Crippen LogP contribution in [-0.4, -0.2) is 37.4 Å². The first-order valence-corrected chi connectivity index (χ1v) is 9.45. The Bertz CT molecular complexity index is 1160. The van der Waals surface area contributed by atoms with Crippen molar-refractivity contribution in [2.24, 2.45) is 0 Å². The molecule has 1 N–H and O–H groups in total. The van der Waals surface area contributed by atoms with Gasteiger partial charge < -0.3 is 5.32 Å². The molecule has 150 valence electrons. The van der Waals surface area contributed by atoms with Crippen molar-refractivity contribution in [2.75, 3.05) is 11.9 Å². The molecule has 0 aliphatic carbocycles. The molecule has 0 atom stereocenters. The van der Waals surface area contributed by atoms with Crippen LogP contribution in [0.3, 0.4) is 0 Å². The van der Waals surface area contributed by atoms with Crippen molar-refractivity contribution in [1.82, 2.24) is 25.0 Å². The molecule has 4 rings (SSSR count). The maximum Gasteiger partial charge on any atom is 0.245 e. The molecule has 0 aliphatic rings. The molecule has 7 nitrogen and oxygen atoms in total. The Labute approximate surface area is 172 Å². The average molecular weight is 402 g/mol. The Morgan fingerprint density at radius 2 is 1.83 bits per heavy atom. The molecule has 0 radical (unpaired) electrons. The highest BCUT2D eigenvalue weighted by Crippen LogP contribution is 2.29. The van der Waals surface area contributed by atoms with E-state index in [1.165, 1.54) is 29.3 Å². The first-order chi connectivity index (χ1) is 14.6. The summed E-state index contributed by atoms with van der Waals surface area (Å²) in [5, 5.41) is 11.3. The fourth-order valence-corrected chi connectivity index (χ4v) is 3.07. The second-order valence-electron chi connectivity index (χ2n) is 6.65. The SMILES string of the molecule is CC(=O)n1nnc(-c2ccc(F)cc2)c1-c1ccnc(NCCc2ccccc2)n1. The summed E-state index contributed by atoms with van der Waals surface area (Å²) in [4.78, 5) is 20.9. The van der Waals surface area contributed by atoms with Gasteiger partial charge in [0.2, 0.25) is 11.9 Å². The lowest BCUT2D eigenvalue weighted by molar-refractivity contribution is 0.0921. The third kappa shape index (κ3) is 4.22. The van der Waals surface area contributed by atoms with Crippen LogP contribution in [0.5, 0.6) is 0 Å². The summed E-state index contributed by atoms with van der Waals surface area (Å²) in [6, 6.07) is 17.6. The van der Waals surface area contributed by atoms with E-state index in [-0.39, 0.29) is 11.7 Å². The van der Waals surface area contributed by atoms with Crippen LogP contribution in [-0.2, 0) is 6.42 Å². The van der Waals surface area contributed by atoms with Crippen LogP contribution in [0.25, 0.3) is 22.6 Å². The highest BCUT2D eigenvalue weighted by molar-refractivity contribution is 5.86. The summed E-state index contributed by atoms with van der Waals surface area (Å²) in [5.41, 5.74) is 3.21. The van der Waals surface area contributed by atoms with Gasteiger partial charge in [-0.05, 0) is 42.3 Å². The normalized spacial score (nSPS) is 10.7. The quantitative estimate of drug-likeness (QED) is 0.527. The zero-order valence-electron chi connectivity index (χ0n) is 16.3. The average Bonchev–Trinajstić information content (AvgIpc) is 3.21. The number of nitrogens with zero attached hydrogens (tertiary/aromatic N) is 5. The van der Waals surface area contributed by atoms with Crippen LogP contribution in [0.2, 0.25) is 0 Å². The third-order valence-corrected chi connectivity index (χ3v) is 4.52. The number of benzene rings is 2. The van der Waals surface area contributed by atoms with Gasteiger partial charge in [0.1, 0.15) is 17.2 Å². The van der Waals surface area contributed by atoms with Crippen LogP contribution < -0.4 is 5.32 Å². The van der Waals surface area contributed by atoms with E-state index < -0.39 is 0 Å². The predicted octanol–water partition coefficient (Wildman–Crippen LogP) is 3.86. The van der Waals surface area contributed by atoms with Gasteiger partial charge in [-0.15, -0.1) is 5.10 Å². The minimum Gasteiger partial charge on any atom is -0.354 e. The standard InChI is InChI=1S/C22H19FN6O/c1-15(30)29-21(20(27-28-29)17-7-9-18(23)10-8-17)19-12-14-25-22(26-19)24-13-11-16-5-3-2-4-6-16/h2-10,12,14H,11,13H2,1H3,(H,24,25,26). The van der Waals surface area contributed by atoms with Gasteiger partial charge in [0, 0.05) is 25.2 Å². The fourth-order valence-electron chi connectivity index (χ4n) is 3.07.